The molecule has 0 amide bonds. The molecule has 0 bridgehead atoms. The summed E-state index contributed by atoms with van der Waals surface area (Å²) in [5, 5.41) is 9.15. The van der Waals surface area contributed by atoms with Crippen LogP contribution >= 0.6 is 11.6 Å². The van der Waals surface area contributed by atoms with Gasteiger partial charge in [-0.2, -0.15) is 0 Å². The van der Waals surface area contributed by atoms with E-state index in [0.29, 0.717) is 16.3 Å². The molecule has 1 atom stereocenters. The number of halogens is 1. The predicted molar refractivity (Wildman–Crippen MR) is 55.2 cm³/mol. The molecule has 0 saturated carbocycles. The summed E-state index contributed by atoms with van der Waals surface area (Å²) in [6, 6.07) is 2.00. The molecule has 4 nitrogen and oxygen atoms in total. The number of aryl methyl sites for hydroxylation is 1. The van der Waals surface area contributed by atoms with Crippen molar-refractivity contribution in [1.82, 2.24) is 0 Å². The molecule has 0 radical (unpaired) electrons. The first-order valence-corrected chi connectivity index (χ1v) is 4.35. The van der Waals surface area contributed by atoms with E-state index in [9.17, 15) is 4.79 Å². The van der Waals surface area contributed by atoms with Gasteiger partial charge in [-0.05, 0) is 24.6 Å². The van der Waals surface area contributed by atoms with Crippen molar-refractivity contribution in [2.24, 2.45) is 5.73 Å². The van der Waals surface area contributed by atoms with Gasteiger partial charge in [0.05, 0.1) is 0 Å². The van der Waals surface area contributed by atoms with Crippen LogP contribution in [0.3, 0.4) is 0 Å². The van der Waals surface area contributed by atoms with Gasteiger partial charge in [-0.3, -0.25) is 4.79 Å². The van der Waals surface area contributed by atoms with Gasteiger partial charge < -0.3 is 16.6 Å². The third-order valence-corrected chi connectivity index (χ3v) is 2.20. The first kappa shape index (κ1) is 10.8. The van der Waals surface area contributed by atoms with Crippen LogP contribution in [0.25, 0.3) is 0 Å². The van der Waals surface area contributed by atoms with Crippen molar-refractivity contribution in [2.45, 2.75) is 13.0 Å². The van der Waals surface area contributed by atoms with Crippen molar-refractivity contribution in [1.29, 1.82) is 0 Å². The average molecular weight is 215 g/mol. The Bertz CT molecular complexity index is 379. The van der Waals surface area contributed by atoms with E-state index in [2.05, 4.69) is 0 Å². The smallest absolute Gasteiger partial charge is 0.325 e. The summed E-state index contributed by atoms with van der Waals surface area (Å²) >= 11 is 5.77. The molecule has 1 aromatic carbocycles. The standard InChI is InChI=1S/C9H11ClN2O2/c1-4-2-5(10)3-6(7(4)11)8(12)9(13)14/h2-3,8H,11-12H2,1H3,(H,13,14)/t8-/m0/s1. The monoisotopic (exact) mass is 214 g/mol. The van der Waals surface area contributed by atoms with Gasteiger partial charge in [0.1, 0.15) is 6.04 Å². The van der Waals surface area contributed by atoms with Crippen molar-refractivity contribution in [3.8, 4) is 0 Å². The number of carbonyl (C=O) groups is 1. The molecule has 5 N–H and O–H groups in total. The molecule has 0 spiro atoms. The number of rotatable bonds is 2. The Kier molecular flexibility index (Phi) is 2.98. The first-order valence-electron chi connectivity index (χ1n) is 3.97. The molecule has 0 aromatic heterocycles. The van der Waals surface area contributed by atoms with E-state index in [4.69, 9.17) is 28.2 Å². The minimum Gasteiger partial charge on any atom is -0.480 e. The summed E-state index contributed by atoms with van der Waals surface area (Å²) in [5.74, 6) is -1.13. The number of benzene rings is 1. The summed E-state index contributed by atoms with van der Waals surface area (Å²) in [4.78, 5) is 10.7. The molecular formula is C9H11ClN2O2. The Morgan fingerprint density at radius 3 is 2.64 bits per heavy atom. The summed E-state index contributed by atoms with van der Waals surface area (Å²) in [7, 11) is 0. The normalized spacial score (nSPS) is 12.5. The van der Waals surface area contributed by atoms with Gasteiger partial charge in [-0.1, -0.05) is 11.6 Å². The van der Waals surface area contributed by atoms with Gasteiger partial charge in [0.25, 0.3) is 0 Å². The van der Waals surface area contributed by atoms with Crippen molar-refractivity contribution >= 4 is 23.3 Å². The van der Waals surface area contributed by atoms with Crippen molar-refractivity contribution in [2.75, 3.05) is 5.73 Å². The molecule has 0 saturated heterocycles. The minimum absolute atomic E-state index is 0.350. The van der Waals surface area contributed by atoms with Crippen LogP contribution in [0.1, 0.15) is 17.2 Å². The third kappa shape index (κ3) is 1.97. The lowest BCUT2D eigenvalue weighted by Crippen LogP contribution is -2.22. The zero-order valence-corrected chi connectivity index (χ0v) is 8.38. The molecule has 0 fully saturated rings. The van der Waals surface area contributed by atoms with Gasteiger partial charge in [0.2, 0.25) is 0 Å². The van der Waals surface area contributed by atoms with E-state index >= 15 is 0 Å². The lowest BCUT2D eigenvalue weighted by Gasteiger charge is -2.12. The zero-order valence-electron chi connectivity index (χ0n) is 7.62. The maximum atomic E-state index is 10.7. The molecule has 0 aliphatic heterocycles. The second-order valence-electron chi connectivity index (χ2n) is 3.04. The number of aliphatic carboxylic acids is 1. The predicted octanol–water partition coefficient (Wildman–Crippen LogP) is 1.32. The molecule has 0 aliphatic rings. The average Bonchev–Trinajstić information content (AvgIpc) is 2.09. The minimum atomic E-state index is -1.13. The number of anilines is 1. The molecule has 5 heteroatoms. The number of nitrogens with two attached hydrogens (primary N) is 2. The lowest BCUT2D eigenvalue weighted by molar-refractivity contribution is -0.138. The highest BCUT2D eigenvalue weighted by atomic mass is 35.5. The van der Waals surface area contributed by atoms with Crippen molar-refractivity contribution < 1.29 is 9.90 Å². The van der Waals surface area contributed by atoms with Crippen LogP contribution in [0.4, 0.5) is 5.69 Å². The summed E-state index contributed by atoms with van der Waals surface area (Å²) in [6.07, 6.45) is 0. The van der Waals surface area contributed by atoms with Crippen LogP contribution in [-0.4, -0.2) is 11.1 Å². The van der Waals surface area contributed by atoms with E-state index < -0.39 is 12.0 Å². The third-order valence-electron chi connectivity index (χ3n) is 1.98. The topological polar surface area (TPSA) is 89.3 Å². The summed E-state index contributed by atoms with van der Waals surface area (Å²) < 4.78 is 0. The second-order valence-corrected chi connectivity index (χ2v) is 3.48. The quantitative estimate of drug-likeness (QED) is 0.648. The molecule has 0 unspecified atom stereocenters. The van der Waals surface area contributed by atoms with Crippen LogP contribution in [0.5, 0.6) is 0 Å². The van der Waals surface area contributed by atoms with Gasteiger partial charge in [0.15, 0.2) is 0 Å². The van der Waals surface area contributed by atoms with Gasteiger partial charge in [-0.15, -0.1) is 0 Å². The molecule has 1 rings (SSSR count). The van der Waals surface area contributed by atoms with E-state index in [-0.39, 0.29) is 0 Å². The van der Waals surface area contributed by atoms with E-state index in [1.807, 2.05) is 0 Å². The van der Waals surface area contributed by atoms with E-state index in [1.54, 1.807) is 13.0 Å². The number of carboxylic acid groups (broad SMARTS) is 1. The van der Waals surface area contributed by atoms with Crippen molar-refractivity contribution in [3.05, 3.63) is 28.3 Å². The number of nitrogen functional groups attached to an aromatic ring is 1. The Balaban J connectivity index is 3.26. The Labute approximate surface area is 86.5 Å². The maximum absolute atomic E-state index is 10.7. The molecule has 0 heterocycles. The summed E-state index contributed by atoms with van der Waals surface area (Å²) in [6.45, 7) is 1.75. The number of carboxylic acids is 1. The highest BCUT2D eigenvalue weighted by Crippen LogP contribution is 2.26. The van der Waals surface area contributed by atoms with Gasteiger partial charge >= 0.3 is 5.97 Å². The molecular weight excluding hydrogens is 204 g/mol. The molecule has 14 heavy (non-hydrogen) atoms. The van der Waals surface area contributed by atoms with Crippen LogP contribution in [0.2, 0.25) is 5.02 Å². The van der Waals surface area contributed by atoms with Gasteiger partial charge in [0, 0.05) is 16.3 Å². The SMILES string of the molecule is Cc1cc(Cl)cc([C@H](N)C(=O)O)c1N. The fraction of sp³-hybridized carbons (Fsp3) is 0.222. The highest BCUT2D eigenvalue weighted by Gasteiger charge is 2.18. The highest BCUT2D eigenvalue weighted by molar-refractivity contribution is 6.30. The van der Waals surface area contributed by atoms with Crippen LogP contribution < -0.4 is 11.5 Å². The lowest BCUT2D eigenvalue weighted by atomic mass is 10.0. The van der Waals surface area contributed by atoms with Crippen LogP contribution in [-0.2, 0) is 4.79 Å². The second kappa shape index (κ2) is 3.86. The Hall–Kier alpha value is -1.26. The van der Waals surface area contributed by atoms with Crippen molar-refractivity contribution in [3.63, 3.8) is 0 Å². The van der Waals surface area contributed by atoms with E-state index in [0.717, 1.165) is 5.56 Å². The fourth-order valence-electron chi connectivity index (χ4n) is 1.17. The molecule has 0 aliphatic carbocycles. The molecule has 76 valence electrons. The van der Waals surface area contributed by atoms with Gasteiger partial charge in [-0.25, -0.2) is 0 Å². The Morgan fingerprint density at radius 2 is 2.14 bits per heavy atom. The first-order chi connectivity index (χ1) is 6.43. The zero-order chi connectivity index (χ0) is 10.9. The van der Waals surface area contributed by atoms with Crippen LogP contribution in [0.15, 0.2) is 12.1 Å². The number of hydrogen-bond donors (Lipinski definition) is 3. The summed E-state index contributed by atoms with van der Waals surface area (Å²) in [5.41, 5.74) is 12.6. The Morgan fingerprint density at radius 1 is 1.57 bits per heavy atom. The number of hydrogen-bond acceptors (Lipinski definition) is 3. The van der Waals surface area contributed by atoms with Crippen LogP contribution in [0, 0.1) is 6.92 Å². The largest absolute Gasteiger partial charge is 0.480 e. The fourth-order valence-corrected chi connectivity index (χ4v) is 1.45. The maximum Gasteiger partial charge on any atom is 0.325 e. The van der Waals surface area contributed by atoms with E-state index in [1.165, 1.54) is 6.07 Å². The molecule has 1 aromatic rings.